The van der Waals surface area contributed by atoms with Gasteiger partial charge in [-0.25, -0.2) is 14.3 Å². The van der Waals surface area contributed by atoms with Crippen LogP contribution in [0.4, 0.5) is 0 Å². The number of fused-ring (bicyclic) bond motifs is 1. The summed E-state index contributed by atoms with van der Waals surface area (Å²) < 4.78 is 10.3. The SMILES string of the molecule is C[C@H]1CNCC(Cc2c(Cl)cc(Cl)cc2-c2ncnn3cc(Cn4c(=O)ccn(C)c4=O)cc23)O1.Cl. The summed E-state index contributed by atoms with van der Waals surface area (Å²) in [6, 6.07) is 6.80. The number of nitrogens with one attached hydrogen (secondary N) is 1. The lowest BCUT2D eigenvalue weighted by Crippen LogP contribution is -2.44. The van der Waals surface area contributed by atoms with Crippen molar-refractivity contribution >= 4 is 41.1 Å². The third-order valence-electron chi connectivity index (χ3n) is 6.12. The number of hydrogen-bond donors (Lipinski definition) is 1. The van der Waals surface area contributed by atoms with E-state index in [1.54, 1.807) is 23.8 Å². The van der Waals surface area contributed by atoms with Crippen LogP contribution in [0.15, 0.2) is 52.6 Å². The minimum absolute atomic E-state index is 0. The molecule has 1 fully saturated rings. The average molecular weight is 552 g/mol. The van der Waals surface area contributed by atoms with Crippen molar-refractivity contribution in [3.8, 4) is 11.3 Å². The summed E-state index contributed by atoms with van der Waals surface area (Å²) in [6.07, 6.45) is 5.34. The van der Waals surface area contributed by atoms with E-state index in [1.807, 2.05) is 19.1 Å². The van der Waals surface area contributed by atoms with E-state index in [4.69, 9.17) is 27.9 Å². The minimum Gasteiger partial charge on any atom is -0.372 e. The molecule has 0 radical (unpaired) electrons. The minimum atomic E-state index is -0.390. The van der Waals surface area contributed by atoms with Crippen LogP contribution in [0.5, 0.6) is 0 Å². The lowest BCUT2D eigenvalue weighted by molar-refractivity contribution is -0.0262. The van der Waals surface area contributed by atoms with E-state index >= 15 is 0 Å². The van der Waals surface area contributed by atoms with Gasteiger partial charge in [0.2, 0.25) is 0 Å². The number of morpholine rings is 1. The molecule has 0 bridgehead atoms. The second-order valence-electron chi connectivity index (χ2n) is 8.77. The van der Waals surface area contributed by atoms with Gasteiger partial charge in [-0.15, -0.1) is 12.4 Å². The number of nitrogens with zero attached hydrogens (tertiary/aromatic N) is 5. The van der Waals surface area contributed by atoms with E-state index in [0.717, 1.165) is 29.8 Å². The fourth-order valence-electron chi connectivity index (χ4n) is 4.46. The number of hydrogen-bond acceptors (Lipinski definition) is 6. The summed E-state index contributed by atoms with van der Waals surface area (Å²) in [4.78, 5) is 29.3. The summed E-state index contributed by atoms with van der Waals surface area (Å²) in [5.41, 5.74) is 3.00. The van der Waals surface area contributed by atoms with Crippen molar-refractivity contribution in [3.05, 3.63) is 85.0 Å². The molecule has 1 aliphatic rings. The first kappa shape index (κ1) is 26.4. The second kappa shape index (κ2) is 10.7. The Kier molecular flexibility index (Phi) is 7.87. The summed E-state index contributed by atoms with van der Waals surface area (Å²) in [5, 5.41) is 8.74. The van der Waals surface area contributed by atoms with Gasteiger partial charge in [0.05, 0.1) is 30.0 Å². The molecule has 4 heterocycles. The Morgan fingerprint density at radius 3 is 2.78 bits per heavy atom. The zero-order chi connectivity index (χ0) is 24.7. The molecular formula is C24H25Cl3N6O3. The molecular weight excluding hydrogens is 527 g/mol. The molecule has 0 amide bonds. The highest BCUT2D eigenvalue weighted by Gasteiger charge is 2.24. The molecule has 4 aromatic rings. The van der Waals surface area contributed by atoms with Gasteiger partial charge in [0.1, 0.15) is 6.33 Å². The molecule has 9 nitrogen and oxygen atoms in total. The van der Waals surface area contributed by atoms with Crippen molar-refractivity contribution in [1.82, 2.24) is 29.0 Å². The van der Waals surface area contributed by atoms with Crippen molar-refractivity contribution in [1.29, 1.82) is 0 Å². The van der Waals surface area contributed by atoms with Crippen molar-refractivity contribution in [3.63, 3.8) is 0 Å². The molecule has 1 saturated heterocycles. The number of aromatic nitrogens is 5. The van der Waals surface area contributed by atoms with Crippen LogP contribution in [0.2, 0.25) is 10.0 Å². The molecule has 5 rings (SSSR count). The van der Waals surface area contributed by atoms with Crippen LogP contribution in [0.3, 0.4) is 0 Å². The maximum atomic E-state index is 12.5. The Balaban J connectivity index is 0.00000304. The van der Waals surface area contributed by atoms with Gasteiger partial charge in [-0.2, -0.15) is 5.10 Å². The predicted octanol–water partition coefficient (Wildman–Crippen LogP) is 2.95. The van der Waals surface area contributed by atoms with Gasteiger partial charge in [-0.05, 0) is 36.2 Å². The molecule has 1 unspecified atom stereocenters. The van der Waals surface area contributed by atoms with Crippen molar-refractivity contribution in [2.75, 3.05) is 13.1 Å². The van der Waals surface area contributed by atoms with Crippen molar-refractivity contribution in [2.24, 2.45) is 7.05 Å². The lowest BCUT2D eigenvalue weighted by Gasteiger charge is -2.29. The molecule has 3 aromatic heterocycles. The quantitative estimate of drug-likeness (QED) is 0.410. The van der Waals surface area contributed by atoms with E-state index in [2.05, 4.69) is 15.4 Å². The number of halogens is 3. The van der Waals surface area contributed by atoms with E-state index < -0.39 is 5.69 Å². The Morgan fingerprint density at radius 2 is 2.00 bits per heavy atom. The molecule has 2 atom stereocenters. The molecule has 12 heteroatoms. The molecule has 0 aliphatic carbocycles. The third-order valence-corrected chi connectivity index (χ3v) is 6.67. The van der Waals surface area contributed by atoms with Gasteiger partial charge in [0.25, 0.3) is 5.56 Å². The molecule has 1 N–H and O–H groups in total. The van der Waals surface area contributed by atoms with Gasteiger partial charge in [-0.1, -0.05) is 23.2 Å². The van der Waals surface area contributed by atoms with Crippen LogP contribution < -0.4 is 16.6 Å². The summed E-state index contributed by atoms with van der Waals surface area (Å²) in [6.45, 7) is 3.67. The Labute approximate surface area is 223 Å². The molecule has 0 spiro atoms. The summed E-state index contributed by atoms with van der Waals surface area (Å²) in [5.74, 6) is 0. The van der Waals surface area contributed by atoms with Gasteiger partial charge in [0.15, 0.2) is 0 Å². The van der Waals surface area contributed by atoms with Crippen LogP contribution in [-0.2, 0) is 24.8 Å². The zero-order valence-corrected chi connectivity index (χ0v) is 22.0. The first-order chi connectivity index (χ1) is 16.8. The van der Waals surface area contributed by atoms with Gasteiger partial charge in [-0.3, -0.25) is 9.36 Å². The number of benzene rings is 1. The Morgan fingerprint density at radius 1 is 1.19 bits per heavy atom. The van der Waals surface area contributed by atoms with Crippen molar-refractivity contribution < 1.29 is 4.74 Å². The van der Waals surface area contributed by atoms with E-state index in [-0.39, 0.29) is 36.7 Å². The van der Waals surface area contributed by atoms with Crippen LogP contribution in [0, 0.1) is 0 Å². The van der Waals surface area contributed by atoms with Crippen molar-refractivity contribution in [2.45, 2.75) is 32.1 Å². The molecule has 36 heavy (non-hydrogen) atoms. The first-order valence-corrected chi connectivity index (χ1v) is 12.0. The number of rotatable bonds is 5. The second-order valence-corrected chi connectivity index (χ2v) is 9.61. The van der Waals surface area contributed by atoms with E-state index in [1.165, 1.54) is 27.7 Å². The van der Waals surface area contributed by atoms with Crippen LogP contribution in [-0.4, -0.2) is 49.0 Å². The van der Waals surface area contributed by atoms with Gasteiger partial charge >= 0.3 is 5.69 Å². The first-order valence-electron chi connectivity index (χ1n) is 11.2. The maximum Gasteiger partial charge on any atom is 0.331 e. The zero-order valence-electron chi connectivity index (χ0n) is 19.6. The largest absolute Gasteiger partial charge is 0.372 e. The maximum absolute atomic E-state index is 12.5. The normalized spacial score (nSPS) is 17.8. The standard InChI is InChI=1S/C24H24Cl2N6O3.ClH/c1-14-9-27-10-17(35-14)8-18-19(6-16(25)7-20(18)26)23-21-5-15(12-32(21)29-13-28-23)11-31-22(33)3-4-30(2)24(31)34;/h3-7,12-14,17,27H,8-11H2,1-2H3;1H/t14-,17?;/m0./s1. The number of aryl methyl sites for hydroxylation is 1. The molecule has 190 valence electrons. The number of ether oxygens (including phenoxy) is 1. The smallest absolute Gasteiger partial charge is 0.331 e. The highest BCUT2D eigenvalue weighted by molar-refractivity contribution is 6.35. The monoisotopic (exact) mass is 550 g/mol. The van der Waals surface area contributed by atoms with Gasteiger partial charge in [0, 0.05) is 60.6 Å². The highest BCUT2D eigenvalue weighted by Crippen LogP contribution is 2.35. The third kappa shape index (κ3) is 5.21. The summed E-state index contributed by atoms with van der Waals surface area (Å²) >= 11 is 13.1. The van der Waals surface area contributed by atoms with E-state index in [9.17, 15) is 9.59 Å². The predicted molar refractivity (Wildman–Crippen MR) is 142 cm³/mol. The fraction of sp³-hybridized carbons (Fsp3) is 0.333. The summed E-state index contributed by atoms with van der Waals surface area (Å²) in [7, 11) is 1.61. The average Bonchev–Trinajstić information content (AvgIpc) is 3.24. The van der Waals surface area contributed by atoms with Crippen LogP contribution in [0.25, 0.3) is 16.8 Å². The van der Waals surface area contributed by atoms with Crippen LogP contribution >= 0.6 is 35.6 Å². The molecule has 1 aromatic carbocycles. The van der Waals surface area contributed by atoms with E-state index in [0.29, 0.717) is 27.7 Å². The fourth-order valence-corrected chi connectivity index (χ4v) is 5.03. The van der Waals surface area contributed by atoms with Gasteiger partial charge < -0.3 is 14.6 Å². The highest BCUT2D eigenvalue weighted by atomic mass is 35.5. The molecule has 0 saturated carbocycles. The topological polar surface area (TPSA) is 95.5 Å². The van der Waals surface area contributed by atoms with Crippen LogP contribution in [0.1, 0.15) is 18.1 Å². The lowest BCUT2D eigenvalue weighted by atomic mass is 9.97. The Hall–Kier alpha value is -2.69. The Bertz CT molecular complexity index is 1530. The molecule has 1 aliphatic heterocycles.